The number of hydrogen-bond donors (Lipinski definition) is 1. The van der Waals surface area contributed by atoms with Crippen molar-refractivity contribution in [2.24, 2.45) is 0 Å². The van der Waals surface area contributed by atoms with E-state index in [2.05, 4.69) is 39.9 Å². The van der Waals surface area contributed by atoms with Crippen LogP contribution in [-0.2, 0) is 10.2 Å². The summed E-state index contributed by atoms with van der Waals surface area (Å²) >= 11 is 0. The number of carbonyl (C=O) groups is 1. The molecule has 0 spiro atoms. The Balaban J connectivity index is 2.47. The van der Waals surface area contributed by atoms with Crippen LogP contribution >= 0.6 is 0 Å². The molecule has 0 aliphatic rings. The molecule has 0 aliphatic heterocycles. The molecule has 0 aromatic heterocycles. The summed E-state index contributed by atoms with van der Waals surface area (Å²) in [5.74, 6) is 0.416. The van der Waals surface area contributed by atoms with Gasteiger partial charge in [0.05, 0.1) is 6.42 Å². The number of esters is 1. The Morgan fingerprint density at radius 2 is 1.79 bits per heavy atom. The Morgan fingerprint density at radius 1 is 1.21 bits per heavy atom. The summed E-state index contributed by atoms with van der Waals surface area (Å²) in [6, 6.07) is 8.12. The number of carbonyl (C=O) groups excluding carboxylic acids is 1. The maximum Gasteiger partial charge on any atom is 0.312 e. The molecule has 1 N–H and O–H groups in total. The Kier molecular flexibility index (Phi) is 5.55. The molecule has 0 amide bonds. The second kappa shape index (κ2) is 6.71. The largest absolute Gasteiger partial charge is 0.426 e. The van der Waals surface area contributed by atoms with Crippen LogP contribution in [0.4, 0.5) is 0 Å². The fourth-order valence-electron chi connectivity index (χ4n) is 1.67. The van der Waals surface area contributed by atoms with Gasteiger partial charge < -0.3 is 10.1 Å². The predicted octanol–water partition coefficient (Wildman–Crippen LogP) is 3.28. The van der Waals surface area contributed by atoms with Gasteiger partial charge in [-0.15, -0.1) is 0 Å². The molecule has 1 aromatic carbocycles. The number of benzene rings is 1. The zero-order chi connectivity index (χ0) is 14.5. The van der Waals surface area contributed by atoms with Crippen LogP contribution in [0.1, 0.15) is 46.6 Å². The zero-order valence-corrected chi connectivity index (χ0v) is 12.6. The molecule has 0 saturated carbocycles. The van der Waals surface area contributed by atoms with Gasteiger partial charge in [0.25, 0.3) is 0 Å². The minimum Gasteiger partial charge on any atom is -0.426 e. The van der Waals surface area contributed by atoms with E-state index in [9.17, 15) is 4.79 Å². The highest BCUT2D eigenvalue weighted by Crippen LogP contribution is 2.24. The average Bonchev–Trinajstić information content (AvgIpc) is 2.27. The number of rotatable bonds is 5. The van der Waals surface area contributed by atoms with Gasteiger partial charge in [-0.25, -0.2) is 0 Å². The molecule has 0 aliphatic carbocycles. The predicted molar refractivity (Wildman–Crippen MR) is 78.5 cm³/mol. The van der Waals surface area contributed by atoms with E-state index >= 15 is 0 Å². The van der Waals surface area contributed by atoms with E-state index in [0.717, 1.165) is 0 Å². The first-order valence-electron chi connectivity index (χ1n) is 6.83. The zero-order valence-electron chi connectivity index (χ0n) is 12.6. The molecule has 0 unspecified atom stereocenters. The third kappa shape index (κ3) is 5.88. The van der Waals surface area contributed by atoms with E-state index in [0.29, 0.717) is 24.8 Å². The van der Waals surface area contributed by atoms with Crippen molar-refractivity contribution in [2.45, 2.75) is 52.5 Å². The highest BCUT2D eigenvalue weighted by molar-refractivity contribution is 5.72. The smallest absolute Gasteiger partial charge is 0.312 e. The lowest BCUT2D eigenvalue weighted by atomic mass is 9.87. The molecule has 0 fully saturated rings. The maximum absolute atomic E-state index is 11.6. The van der Waals surface area contributed by atoms with Crippen LogP contribution in [0.2, 0.25) is 0 Å². The number of ether oxygens (including phenoxy) is 1. The highest BCUT2D eigenvalue weighted by Gasteiger charge is 2.13. The molecule has 1 aromatic rings. The van der Waals surface area contributed by atoms with Gasteiger partial charge in [-0.3, -0.25) is 4.79 Å². The summed E-state index contributed by atoms with van der Waals surface area (Å²) in [5, 5.41) is 3.19. The standard InChI is InChI=1S/C16H25NO2/c1-12(2)17-11-10-15(18)19-14-8-6-13(7-9-14)16(3,4)5/h6-9,12,17H,10-11H2,1-5H3. The molecule has 3 nitrogen and oxygen atoms in total. The number of nitrogens with one attached hydrogen (secondary N) is 1. The second-order valence-corrected chi connectivity index (χ2v) is 6.11. The Bertz CT molecular complexity index is 402. The monoisotopic (exact) mass is 263 g/mol. The van der Waals surface area contributed by atoms with Crippen LogP contribution < -0.4 is 10.1 Å². The summed E-state index contributed by atoms with van der Waals surface area (Å²) in [6.45, 7) is 11.2. The minimum atomic E-state index is -0.198. The molecule has 0 saturated heterocycles. The van der Waals surface area contributed by atoms with Crippen molar-refractivity contribution in [3.05, 3.63) is 29.8 Å². The van der Waals surface area contributed by atoms with Crippen molar-refractivity contribution < 1.29 is 9.53 Å². The fraction of sp³-hybridized carbons (Fsp3) is 0.562. The Labute approximate surface area is 116 Å². The molecule has 3 heteroatoms. The minimum absolute atomic E-state index is 0.115. The summed E-state index contributed by atoms with van der Waals surface area (Å²) < 4.78 is 5.28. The van der Waals surface area contributed by atoms with Crippen molar-refractivity contribution in [3.63, 3.8) is 0 Å². The van der Waals surface area contributed by atoms with Gasteiger partial charge in [0.15, 0.2) is 0 Å². The Hall–Kier alpha value is -1.35. The topological polar surface area (TPSA) is 38.3 Å². The van der Waals surface area contributed by atoms with Crippen LogP contribution in [0.3, 0.4) is 0 Å². The van der Waals surface area contributed by atoms with E-state index < -0.39 is 0 Å². The van der Waals surface area contributed by atoms with Gasteiger partial charge >= 0.3 is 5.97 Å². The van der Waals surface area contributed by atoms with Gasteiger partial charge in [0.2, 0.25) is 0 Å². The maximum atomic E-state index is 11.6. The quantitative estimate of drug-likeness (QED) is 0.654. The van der Waals surface area contributed by atoms with Crippen LogP contribution in [0.15, 0.2) is 24.3 Å². The SMILES string of the molecule is CC(C)NCCC(=O)Oc1ccc(C(C)(C)C)cc1. The van der Waals surface area contributed by atoms with E-state index in [1.165, 1.54) is 5.56 Å². The lowest BCUT2D eigenvalue weighted by molar-refractivity contribution is -0.134. The summed E-state index contributed by atoms with van der Waals surface area (Å²) in [5.41, 5.74) is 1.35. The third-order valence-electron chi connectivity index (χ3n) is 2.83. The van der Waals surface area contributed by atoms with Crippen molar-refractivity contribution in [3.8, 4) is 5.75 Å². The molecular formula is C16H25NO2. The number of hydrogen-bond acceptors (Lipinski definition) is 3. The van der Waals surface area contributed by atoms with Gasteiger partial charge in [0.1, 0.15) is 5.75 Å². The lowest BCUT2D eigenvalue weighted by Crippen LogP contribution is -2.26. The molecule has 0 bridgehead atoms. The van der Waals surface area contributed by atoms with Crippen molar-refractivity contribution >= 4 is 5.97 Å². The third-order valence-corrected chi connectivity index (χ3v) is 2.83. The highest BCUT2D eigenvalue weighted by atomic mass is 16.5. The normalized spacial score (nSPS) is 11.7. The second-order valence-electron chi connectivity index (χ2n) is 6.11. The van der Waals surface area contributed by atoms with Gasteiger partial charge in [-0.05, 0) is 23.1 Å². The lowest BCUT2D eigenvalue weighted by Gasteiger charge is -2.19. The molecule has 0 radical (unpaired) electrons. The Morgan fingerprint density at radius 3 is 2.26 bits per heavy atom. The molecular weight excluding hydrogens is 238 g/mol. The fourth-order valence-corrected chi connectivity index (χ4v) is 1.67. The average molecular weight is 263 g/mol. The van der Waals surface area contributed by atoms with Gasteiger partial charge in [-0.1, -0.05) is 46.8 Å². The molecule has 0 heterocycles. The van der Waals surface area contributed by atoms with Crippen LogP contribution in [0.25, 0.3) is 0 Å². The van der Waals surface area contributed by atoms with E-state index in [1.54, 1.807) is 0 Å². The van der Waals surface area contributed by atoms with E-state index in [4.69, 9.17) is 4.74 Å². The van der Waals surface area contributed by atoms with E-state index in [1.807, 2.05) is 24.3 Å². The first-order valence-corrected chi connectivity index (χ1v) is 6.83. The summed E-state index contributed by atoms with van der Waals surface area (Å²) in [7, 11) is 0. The van der Waals surface area contributed by atoms with Crippen LogP contribution in [0.5, 0.6) is 5.75 Å². The molecule has 0 atom stereocenters. The molecule has 106 valence electrons. The van der Waals surface area contributed by atoms with Crippen molar-refractivity contribution in [1.29, 1.82) is 0 Å². The summed E-state index contributed by atoms with van der Waals surface area (Å²) in [6.07, 6.45) is 0.388. The van der Waals surface area contributed by atoms with Gasteiger partial charge in [0, 0.05) is 12.6 Å². The molecule has 19 heavy (non-hydrogen) atoms. The van der Waals surface area contributed by atoms with Crippen molar-refractivity contribution in [2.75, 3.05) is 6.54 Å². The van der Waals surface area contributed by atoms with Crippen LogP contribution in [-0.4, -0.2) is 18.6 Å². The molecule has 1 rings (SSSR count). The summed E-state index contributed by atoms with van der Waals surface area (Å²) in [4.78, 5) is 11.6. The van der Waals surface area contributed by atoms with Crippen molar-refractivity contribution in [1.82, 2.24) is 5.32 Å². The van der Waals surface area contributed by atoms with Crippen LogP contribution in [0, 0.1) is 0 Å². The first-order chi connectivity index (χ1) is 8.79. The first kappa shape index (κ1) is 15.7. The van der Waals surface area contributed by atoms with Gasteiger partial charge in [-0.2, -0.15) is 0 Å². The van der Waals surface area contributed by atoms with E-state index in [-0.39, 0.29) is 11.4 Å².